The van der Waals surface area contributed by atoms with Gasteiger partial charge in [-0.15, -0.1) is 0 Å². The molecule has 4 nitrogen and oxygen atoms in total. The van der Waals surface area contributed by atoms with Crippen LogP contribution in [-0.4, -0.2) is 24.2 Å². The van der Waals surface area contributed by atoms with Crippen LogP contribution in [0.5, 0.6) is 5.75 Å². The molecule has 0 aliphatic carbocycles. The predicted molar refractivity (Wildman–Crippen MR) is 56.4 cm³/mol. The Balaban J connectivity index is 2.19. The third-order valence-corrected chi connectivity index (χ3v) is 2.58. The maximum absolute atomic E-state index is 10.6. The van der Waals surface area contributed by atoms with Crippen LogP contribution < -0.4 is 10.1 Å². The number of aliphatic carboxylic acids is 1. The summed E-state index contributed by atoms with van der Waals surface area (Å²) in [6.45, 7) is 0. The summed E-state index contributed by atoms with van der Waals surface area (Å²) in [5.74, 6) is 0.0483. The van der Waals surface area contributed by atoms with Crippen LogP contribution in [-0.2, 0) is 11.2 Å². The number of hydrogen-bond acceptors (Lipinski definition) is 3. The van der Waals surface area contributed by atoms with E-state index in [1.165, 1.54) is 0 Å². The third-order valence-electron chi connectivity index (χ3n) is 2.58. The standard InChI is InChI=1S/C11H13NO3/c1-15-10-4-2-3-9-8(10)5-7(12-9)6-11(13)14/h2-4,7,12H,5-6H2,1H3,(H,13,14). The molecule has 2 N–H and O–H groups in total. The lowest BCUT2D eigenvalue weighted by atomic mass is 10.1. The van der Waals surface area contributed by atoms with Crippen molar-refractivity contribution in [3.8, 4) is 5.75 Å². The SMILES string of the molecule is COc1cccc2c1CC(CC(=O)O)N2. The van der Waals surface area contributed by atoms with Gasteiger partial charge in [0.2, 0.25) is 0 Å². The summed E-state index contributed by atoms with van der Waals surface area (Å²) in [7, 11) is 1.63. The Morgan fingerprint density at radius 3 is 3.13 bits per heavy atom. The number of benzene rings is 1. The minimum absolute atomic E-state index is 0.0196. The van der Waals surface area contributed by atoms with Crippen molar-refractivity contribution in [1.29, 1.82) is 0 Å². The molecule has 80 valence electrons. The Labute approximate surface area is 87.9 Å². The number of rotatable bonds is 3. The second-order valence-electron chi connectivity index (χ2n) is 3.63. The number of anilines is 1. The number of hydrogen-bond donors (Lipinski definition) is 2. The van der Waals surface area contributed by atoms with Gasteiger partial charge in [-0.2, -0.15) is 0 Å². The van der Waals surface area contributed by atoms with Crippen LogP contribution in [0.4, 0.5) is 5.69 Å². The highest BCUT2D eigenvalue weighted by atomic mass is 16.5. The third kappa shape index (κ3) is 1.88. The smallest absolute Gasteiger partial charge is 0.305 e. The lowest BCUT2D eigenvalue weighted by Crippen LogP contribution is -2.19. The zero-order valence-corrected chi connectivity index (χ0v) is 8.49. The van der Waals surface area contributed by atoms with E-state index < -0.39 is 5.97 Å². The average Bonchev–Trinajstić information content (AvgIpc) is 2.58. The summed E-state index contributed by atoms with van der Waals surface area (Å²) in [5, 5.41) is 11.9. The highest BCUT2D eigenvalue weighted by Gasteiger charge is 2.24. The fourth-order valence-corrected chi connectivity index (χ4v) is 1.95. The molecule has 1 unspecified atom stereocenters. The first-order chi connectivity index (χ1) is 7.20. The maximum Gasteiger partial charge on any atom is 0.305 e. The first-order valence-electron chi connectivity index (χ1n) is 4.85. The van der Waals surface area contributed by atoms with Crippen molar-refractivity contribution in [2.75, 3.05) is 12.4 Å². The van der Waals surface area contributed by atoms with Crippen molar-refractivity contribution in [2.24, 2.45) is 0 Å². The van der Waals surface area contributed by atoms with Crippen LogP contribution in [0.3, 0.4) is 0 Å². The van der Waals surface area contributed by atoms with Crippen LogP contribution >= 0.6 is 0 Å². The van der Waals surface area contributed by atoms with E-state index >= 15 is 0 Å². The van der Waals surface area contributed by atoms with E-state index in [0.717, 1.165) is 17.0 Å². The summed E-state index contributed by atoms with van der Waals surface area (Å²) in [5.41, 5.74) is 2.06. The summed E-state index contributed by atoms with van der Waals surface area (Å²) in [6, 6.07) is 5.71. The van der Waals surface area contributed by atoms with E-state index in [2.05, 4.69) is 5.32 Å². The molecule has 1 atom stereocenters. The summed E-state index contributed by atoms with van der Waals surface area (Å²) in [4.78, 5) is 10.6. The van der Waals surface area contributed by atoms with Crippen molar-refractivity contribution in [3.05, 3.63) is 23.8 Å². The molecule has 1 aromatic rings. The van der Waals surface area contributed by atoms with Gasteiger partial charge >= 0.3 is 5.97 Å². The average molecular weight is 207 g/mol. The summed E-state index contributed by atoms with van der Waals surface area (Å²) >= 11 is 0. The van der Waals surface area contributed by atoms with Gasteiger partial charge in [-0.3, -0.25) is 4.79 Å². The zero-order chi connectivity index (χ0) is 10.8. The molecule has 2 rings (SSSR count). The molecule has 0 saturated carbocycles. The maximum atomic E-state index is 10.6. The van der Waals surface area contributed by atoms with Gasteiger partial charge in [-0.1, -0.05) is 6.07 Å². The van der Waals surface area contributed by atoms with Crippen LogP contribution in [0.25, 0.3) is 0 Å². The van der Waals surface area contributed by atoms with Crippen LogP contribution in [0.2, 0.25) is 0 Å². The van der Waals surface area contributed by atoms with E-state index in [0.29, 0.717) is 6.42 Å². The molecule has 0 amide bonds. The van der Waals surface area contributed by atoms with Gasteiger partial charge < -0.3 is 15.2 Å². The molecule has 1 aromatic carbocycles. The quantitative estimate of drug-likeness (QED) is 0.788. The molecule has 1 aliphatic heterocycles. The van der Waals surface area contributed by atoms with Gasteiger partial charge in [0.25, 0.3) is 0 Å². The fourth-order valence-electron chi connectivity index (χ4n) is 1.95. The molecule has 4 heteroatoms. The molecule has 1 heterocycles. The van der Waals surface area contributed by atoms with Gasteiger partial charge in [0, 0.05) is 17.3 Å². The number of methoxy groups -OCH3 is 1. The number of fused-ring (bicyclic) bond motifs is 1. The van der Waals surface area contributed by atoms with E-state index in [1.54, 1.807) is 7.11 Å². The van der Waals surface area contributed by atoms with Gasteiger partial charge in [0.1, 0.15) is 5.75 Å². The molecule has 0 radical (unpaired) electrons. The van der Waals surface area contributed by atoms with Gasteiger partial charge in [0.15, 0.2) is 0 Å². The number of ether oxygens (including phenoxy) is 1. The van der Waals surface area contributed by atoms with E-state index in [9.17, 15) is 4.79 Å². The largest absolute Gasteiger partial charge is 0.496 e. The number of carboxylic acid groups (broad SMARTS) is 1. The predicted octanol–water partition coefficient (Wildman–Crippen LogP) is 1.51. The van der Waals surface area contributed by atoms with Crippen molar-refractivity contribution < 1.29 is 14.6 Å². The Kier molecular flexibility index (Phi) is 2.49. The van der Waals surface area contributed by atoms with Gasteiger partial charge in [-0.05, 0) is 18.6 Å². The Bertz CT molecular complexity index is 389. The monoisotopic (exact) mass is 207 g/mol. The minimum atomic E-state index is -0.778. The van der Waals surface area contributed by atoms with Gasteiger partial charge in [-0.25, -0.2) is 0 Å². The summed E-state index contributed by atoms with van der Waals surface area (Å²) in [6.07, 6.45) is 0.851. The van der Waals surface area contributed by atoms with Crippen LogP contribution in [0, 0.1) is 0 Å². The van der Waals surface area contributed by atoms with E-state index in [4.69, 9.17) is 9.84 Å². The fraction of sp³-hybridized carbons (Fsp3) is 0.364. The molecule has 0 fully saturated rings. The summed E-state index contributed by atoms with van der Waals surface area (Å²) < 4.78 is 5.22. The minimum Gasteiger partial charge on any atom is -0.496 e. The van der Waals surface area contributed by atoms with Crippen LogP contribution in [0.15, 0.2) is 18.2 Å². The number of carbonyl (C=O) groups is 1. The second kappa shape index (κ2) is 3.81. The molecule has 15 heavy (non-hydrogen) atoms. The van der Waals surface area contributed by atoms with Crippen molar-refractivity contribution >= 4 is 11.7 Å². The molecular formula is C11H13NO3. The number of carboxylic acids is 1. The van der Waals surface area contributed by atoms with Crippen molar-refractivity contribution in [3.63, 3.8) is 0 Å². The molecular weight excluding hydrogens is 194 g/mol. The van der Waals surface area contributed by atoms with E-state index in [1.807, 2.05) is 18.2 Å². The Morgan fingerprint density at radius 1 is 1.67 bits per heavy atom. The first kappa shape index (κ1) is 9.83. The number of nitrogens with one attached hydrogen (secondary N) is 1. The van der Waals surface area contributed by atoms with Crippen molar-refractivity contribution in [2.45, 2.75) is 18.9 Å². The van der Waals surface area contributed by atoms with Crippen molar-refractivity contribution in [1.82, 2.24) is 0 Å². The second-order valence-corrected chi connectivity index (χ2v) is 3.63. The molecule has 1 aliphatic rings. The highest BCUT2D eigenvalue weighted by Crippen LogP contribution is 2.34. The van der Waals surface area contributed by atoms with E-state index in [-0.39, 0.29) is 12.5 Å². The first-order valence-corrected chi connectivity index (χ1v) is 4.85. The van der Waals surface area contributed by atoms with Gasteiger partial charge in [0.05, 0.1) is 13.5 Å². The Morgan fingerprint density at radius 2 is 2.47 bits per heavy atom. The molecule has 0 spiro atoms. The topological polar surface area (TPSA) is 58.6 Å². The highest BCUT2D eigenvalue weighted by molar-refractivity contribution is 5.71. The lowest BCUT2D eigenvalue weighted by molar-refractivity contribution is -0.137. The molecule has 0 saturated heterocycles. The normalized spacial score (nSPS) is 18.1. The van der Waals surface area contributed by atoms with Crippen LogP contribution in [0.1, 0.15) is 12.0 Å². The lowest BCUT2D eigenvalue weighted by Gasteiger charge is -2.06. The zero-order valence-electron chi connectivity index (χ0n) is 8.49. The molecule has 0 aromatic heterocycles. The molecule has 0 bridgehead atoms. The Hall–Kier alpha value is -1.71.